The summed E-state index contributed by atoms with van der Waals surface area (Å²) in [5.74, 6) is 0.900. The number of hydrogen-bond acceptors (Lipinski definition) is 4. The van der Waals surface area contributed by atoms with Gasteiger partial charge in [0.2, 0.25) is 0 Å². The van der Waals surface area contributed by atoms with Gasteiger partial charge in [-0.3, -0.25) is 0 Å². The number of nitrogens with zero attached hydrogens (tertiary/aromatic N) is 3. The molecule has 0 aromatic carbocycles. The molecular weight excluding hydrogens is 421 g/mol. The number of likely N-dealkylation sites (tertiary alicyclic amines) is 1. The van der Waals surface area contributed by atoms with Gasteiger partial charge in [0.1, 0.15) is 5.01 Å². The average molecular weight is 451 g/mol. The van der Waals surface area contributed by atoms with E-state index in [9.17, 15) is 0 Å². The van der Waals surface area contributed by atoms with Crippen molar-refractivity contribution in [3.05, 3.63) is 16.1 Å². The lowest BCUT2D eigenvalue weighted by molar-refractivity contribution is 0.330. The van der Waals surface area contributed by atoms with Crippen LogP contribution in [0.4, 0.5) is 0 Å². The Balaban J connectivity index is 0.00000264. The molecule has 2 rings (SSSR count). The Morgan fingerprint density at radius 1 is 1.30 bits per heavy atom. The van der Waals surface area contributed by atoms with Crippen molar-refractivity contribution in [2.75, 3.05) is 32.7 Å². The van der Waals surface area contributed by atoms with E-state index in [1.165, 1.54) is 50.2 Å². The fraction of sp³-hybridized carbons (Fsp3) is 0.750. The SMILES string of the molecule is CCNC(=NCc1ncc(C)s1)NCCCCN1CCCC1.I. The number of rotatable bonds is 8. The van der Waals surface area contributed by atoms with Gasteiger partial charge < -0.3 is 15.5 Å². The van der Waals surface area contributed by atoms with Crippen molar-refractivity contribution >= 4 is 41.3 Å². The smallest absolute Gasteiger partial charge is 0.191 e. The van der Waals surface area contributed by atoms with Crippen LogP contribution >= 0.6 is 35.3 Å². The number of guanidine groups is 1. The second-order valence-electron chi connectivity index (χ2n) is 5.74. The molecule has 0 bridgehead atoms. The van der Waals surface area contributed by atoms with Crippen molar-refractivity contribution < 1.29 is 0 Å². The molecule has 0 atom stereocenters. The van der Waals surface area contributed by atoms with Crippen molar-refractivity contribution in [3.63, 3.8) is 0 Å². The minimum absolute atomic E-state index is 0. The molecule has 1 aromatic heterocycles. The number of aromatic nitrogens is 1. The van der Waals surface area contributed by atoms with Crippen molar-refractivity contribution in [2.24, 2.45) is 4.99 Å². The highest BCUT2D eigenvalue weighted by Crippen LogP contribution is 2.11. The summed E-state index contributed by atoms with van der Waals surface area (Å²) >= 11 is 1.71. The minimum Gasteiger partial charge on any atom is -0.357 e. The van der Waals surface area contributed by atoms with E-state index < -0.39 is 0 Å². The zero-order valence-corrected chi connectivity index (χ0v) is 17.5. The molecule has 1 aliphatic rings. The average Bonchev–Trinajstić information content (AvgIpc) is 3.16. The van der Waals surface area contributed by atoms with Crippen molar-refractivity contribution in [3.8, 4) is 0 Å². The van der Waals surface area contributed by atoms with Crippen LogP contribution in [0.15, 0.2) is 11.2 Å². The first-order valence-corrected chi connectivity index (χ1v) is 9.25. The molecule has 0 radical (unpaired) electrons. The first kappa shape index (κ1) is 20.6. The minimum atomic E-state index is 0. The van der Waals surface area contributed by atoms with Gasteiger partial charge in [0.25, 0.3) is 0 Å². The largest absolute Gasteiger partial charge is 0.357 e. The zero-order valence-electron chi connectivity index (χ0n) is 14.3. The molecule has 1 saturated heterocycles. The van der Waals surface area contributed by atoms with Crippen LogP contribution in [0.2, 0.25) is 0 Å². The lowest BCUT2D eigenvalue weighted by Crippen LogP contribution is -2.38. The molecule has 132 valence electrons. The third kappa shape index (κ3) is 8.30. The van der Waals surface area contributed by atoms with E-state index in [4.69, 9.17) is 0 Å². The Labute approximate surface area is 161 Å². The lowest BCUT2D eigenvalue weighted by atomic mass is 10.3. The highest BCUT2D eigenvalue weighted by atomic mass is 127. The van der Waals surface area contributed by atoms with Gasteiger partial charge in [0, 0.05) is 24.2 Å². The van der Waals surface area contributed by atoms with Gasteiger partial charge in [-0.2, -0.15) is 0 Å². The molecule has 0 saturated carbocycles. The molecular formula is C16H30IN5S. The second-order valence-corrected chi connectivity index (χ2v) is 7.06. The second kappa shape index (κ2) is 12.0. The summed E-state index contributed by atoms with van der Waals surface area (Å²) in [6.45, 7) is 10.5. The van der Waals surface area contributed by atoms with Gasteiger partial charge in [0.15, 0.2) is 5.96 Å². The molecule has 1 aromatic rings. The summed E-state index contributed by atoms with van der Waals surface area (Å²) in [5, 5.41) is 7.79. The quantitative estimate of drug-likeness (QED) is 0.276. The van der Waals surface area contributed by atoms with Gasteiger partial charge in [-0.1, -0.05) is 0 Å². The van der Waals surface area contributed by atoms with E-state index >= 15 is 0 Å². The van der Waals surface area contributed by atoms with Crippen LogP contribution < -0.4 is 10.6 Å². The molecule has 1 aliphatic heterocycles. The fourth-order valence-corrected chi connectivity index (χ4v) is 3.35. The van der Waals surface area contributed by atoms with Crippen LogP contribution in [0.5, 0.6) is 0 Å². The maximum absolute atomic E-state index is 4.60. The predicted molar refractivity (Wildman–Crippen MR) is 110 cm³/mol. The van der Waals surface area contributed by atoms with E-state index in [1.54, 1.807) is 11.3 Å². The van der Waals surface area contributed by atoms with Crippen LogP contribution in [0.3, 0.4) is 0 Å². The van der Waals surface area contributed by atoms with Crippen molar-refractivity contribution in [2.45, 2.75) is 46.1 Å². The van der Waals surface area contributed by atoms with Gasteiger partial charge in [-0.15, -0.1) is 35.3 Å². The molecule has 0 unspecified atom stereocenters. The van der Waals surface area contributed by atoms with Crippen LogP contribution in [0, 0.1) is 6.92 Å². The number of hydrogen-bond donors (Lipinski definition) is 2. The van der Waals surface area contributed by atoms with Crippen molar-refractivity contribution in [1.82, 2.24) is 20.5 Å². The normalized spacial score (nSPS) is 15.5. The van der Waals surface area contributed by atoms with Crippen LogP contribution in [-0.2, 0) is 6.54 Å². The van der Waals surface area contributed by atoms with Gasteiger partial charge in [0.05, 0.1) is 6.54 Å². The molecule has 2 heterocycles. The molecule has 0 spiro atoms. The summed E-state index contributed by atoms with van der Waals surface area (Å²) in [7, 11) is 0. The van der Waals surface area contributed by atoms with Crippen LogP contribution in [0.25, 0.3) is 0 Å². The summed E-state index contributed by atoms with van der Waals surface area (Å²) < 4.78 is 0. The zero-order chi connectivity index (χ0) is 15.6. The number of nitrogens with one attached hydrogen (secondary N) is 2. The molecule has 23 heavy (non-hydrogen) atoms. The Morgan fingerprint density at radius 2 is 2.09 bits per heavy atom. The number of aryl methyl sites for hydroxylation is 1. The fourth-order valence-electron chi connectivity index (χ4n) is 2.64. The predicted octanol–water partition coefficient (Wildman–Crippen LogP) is 3.00. The highest BCUT2D eigenvalue weighted by molar-refractivity contribution is 14.0. The Hall–Kier alpha value is -0.410. The molecule has 5 nitrogen and oxygen atoms in total. The molecule has 7 heteroatoms. The maximum Gasteiger partial charge on any atom is 0.191 e. The van der Waals surface area contributed by atoms with Gasteiger partial charge in [-0.25, -0.2) is 9.98 Å². The summed E-state index contributed by atoms with van der Waals surface area (Å²) in [6, 6.07) is 0. The first-order chi connectivity index (χ1) is 10.8. The number of halogens is 1. The van der Waals surface area contributed by atoms with Gasteiger partial charge >= 0.3 is 0 Å². The third-order valence-corrected chi connectivity index (χ3v) is 4.68. The number of aliphatic imine (C=N–C) groups is 1. The molecule has 2 N–H and O–H groups in total. The van der Waals surface area contributed by atoms with E-state index in [2.05, 4.69) is 39.4 Å². The topological polar surface area (TPSA) is 52.6 Å². The van der Waals surface area contributed by atoms with Gasteiger partial charge in [-0.05, 0) is 59.2 Å². The summed E-state index contributed by atoms with van der Waals surface area (Å²) in [5.41, 5.74) is 0. The standard InChI is InChI=1S/C16H29N5S.HI/c1-3-17-16(20-13-15-19-12-14(2)22-15)18-8-4-5-9-21-10-6-7-11-21;/h12H,3-11,13H2,1-2H3,(H2,17,18,20);1H. The monoisotopic (exact) mass is 451 g/mol. The Morgan fingerprint density at radius 3 is 2.74 bits per heavy atom. The molecule has 0 aliphatic carbocycles. The van der Waals surface area contributed by atoms with Crippen molar-refractivity contribution in [1.29, 1.82) is 0 Å². The van der Waals surface area contributed by atoms with E-state index in [0.717, 1.165) is 24.1 Å². The first-order valence-electron chi connectivity index (χ1n) is 8.44. The van der Waals surface area contributed by atoms with E-state index in [-0.39, 0.29) is 24.0 Å². The summed E-state index contributed by atoms with van der Waals surface area (Å²) in [6.07, 6.45) is 7.13. The molecule has 0 amide bonds. The van der Waals surface area contributed by atoms with Crippen LogP contribution in [-0.4, -0.2) is 48.6 Å². The number of thiazole rings is 1. The van der Waals surface area contributed by atoms with Crippen LogP contribution in [0.1, 0.15) is 42.5 Å². The van der Waals surface area contributed by atoms with E-state index in [1.807, 2.05) is 6.20 Å². The maximum atomic E-state index is 4.60. The Bertz CT molecular complexity index is 457. The highest BCUT2D eigenvalue weighted by Gasteiger charge is 2.10. The molecule has 1 fully saturated rings. The lowest BCUT2D eigenvalue weighted by Gasteiger charge is -2.15. The summed E-state index contributed by atoms with van der Waals surface area (Å²) in [4.78, 5) is 12.8. The third-order valence-electron chi connectivity index (χ3n) is 3.78. The number of unbranched alkanes of at least 4 members (excludes halogenated alkanes) is 1. The Kier molecular flexibility index (Phi) is 10.8. The van der Waals surface area contributed by atoms with E-state index in [0.29, 0.717) is 6.54 Å².